The summed E-state index contributed by atoms with van der Waals surface area (Å²) in [5.41, 5.74) is 1.21. The third-order valence-electron chi connectivity index (χ3n) is 3.61. The smallest absolute Gasteiger partial charge is 0.199 e. The van der Waals surface area contributed by atoms with E-state index in [0.29, 0.717) is 13.1 Å². The van der Waals surface area contributed by atoms with Crippen LogP contribution in [0.5, 0.6) is 0 Å². The minimum Gasteiger partial charge on any atom is -0.300 e. The minimum absolute atomic E-state index is 0.519. The van der Waals surface area contributed by atoms with Gasteiger partial charge in [0, 0.05) is 13.0 Å². The van der Waals surface area contributed by atoms with Crippen molar-refractivity contribution in [1.29, 1.82) is 5.26 Å². The fraction of sp³-hybridized carbons (Fsp3) is 0.438. The number of aromatic nitrogens is 3. The summed E-state index contributed by atoms with van der Waals surface area (Å²) >= 11 is 5.56. The van der Waals surface area contributed by atoms with Gasteiger partial charge in [-0.15, -0.1) is 0 Å². The van der Waals surface area contributed by atoms with Crippen molar-refractivity contribution in [2.45, 2.75) is 33.5 Å². The molecule has 0 radical (unpaired) electrons. The molecule has 0 N–H and O–H groups in total. The van der Waals surface area contributed by atoms with Gasteiger partial charge in [0.25, 0.3) is 0 Å². The molecule has 0 aliphatic carbocycles. The van der Waals surface area contributed by atoms with E-state index < -0.39 is 0 Å². The number of hydrogen-bond acceptors (Lipinski definition) is 4. The van der Waals surface area contributed by atoms with Crippen LogP contribution in [0.25, 0.3) is 0 Å². The van der Waals surface area contributed by atoms with Crippen molar-refractivity contribution in [3.8, 4) is 6.07 Å². The highest BCUT2D eigenvalue weighted by molar-refractivity contribution is 7.71. The van der Waals surface area contributed by atoms with Crippen LogP contribution in [-0.4, -0.2) is 32.3 Å². The van der Waals surface area contributed by atoms with Crippen molar-refractivity contribution >= 4 is 12.2 Å². The fourth-order valence-corrected chi connectivity index (χ4v) is 2.61. The molecule has 0 aliphatic rings. The number of nitriles is 1. The number of rotatable bonds is 7. The Morgan fingerprint density at radius 2 is 2.05 bits per heavy atom. The number of aryl methyl sites for hydroxylation is 1. The van der Waals surface area contributed by atoms with E-state index in [9.17, 15) is 0 Å². The van der Waals surface area contributed by atoms with E-state index in [-0.39, 0.29) is 0 Å². The van der Waals surface area contributed by atoms with Crippen LogP contribution in [-0.2, 0) is 13.2 Å². The van der Waals surface area contributed by atoms with E-state index >= 15 is 0 Å². The zero-order chi connectivity index (χ0) is 15.9. The fourth-order valence-electron chi connectivity index (χ4n) is 2.32. The second-order valence-electron chi connectivity index (χ2n) is 5.16. The van der Waals surface area contributed by atoms with Crippen LogP contribution in [0.4, 0.5) is 0 Å². The van der Waals surface area contributed by atoms with Crippen molar-refractivity contribution in [3.63, 3.8) is 0 Å². The molecule has 5 nitrogen and oxygen atoms in total. The molecule has 0 amide bonds. The number of benzene rings is 1. The monoisotopic (exact) mass is 315 g/mol. The quantitative estimate of drug-likeness (QED) is 0.737. The maximum atomic E-state index is 8.72. The Morgan fingerprint density at radius 1 is 1.32 bits per heavy atom. The first-order chi connectivity index (χ1) is 10.7. The highest BCUT2D eigenvalue weighted by Gasteiger charge is 2.10. The molecule has 0 spiro atoms. The van der Waals surface area contributed by atoms with Crippen LogP contribution >= 0.6 is 12.2 Å². The molecule has 2 aromatic rings. The Bertz CT molecular complexity index is 696. The summed E-state index contributed by atoms with van der Waals surface area (Å²) in [6.45, 7) is 7.01. The number of hydrogen-bond donors (Lipinski definition) is 0. The molecule has 0 saturated carbocycles. The first-order valence-corrected chi connectivity index (χ1v) is 7.84. The third kappa shape index (κ3) is 4.03. The average Bonchev–Trinajstić information content (AvgIpc) is 2.80. The van der Waals surface area contributed by atoms with Gasteiger partial charge in [-0.3, -0.25) is 9.47 Å². The molecular formula is C16H21N5S. The SMILES string of the molecule is CCN(CCC#N)Cn1nc(C)n(Cc2ccccc2)c1=S. The Morgan fingerprint density at radius 3 is 2.68 bits per heavy atom. The molecule has 0 saturated heterocycles. The Labute approximate surface area is 136 Å². The van der Waals surface area contributed by atoms with Crippen LogP contribution in [0.1, 0.15) is 24.7 Å². The van der Waals surface area contributed by atoms with Crippen molar-refractivity contribution in [1.82, 2.24) is 19.2 Å². The Balaban J connectivity index is 2.16. The van der Waals surface area contributed by atoms with Crippen LogP contribution < -0.4 is 0 Å². The first-order valence-electron chi connectivity index (χ1n) is 7.43. The molecule has 1 aromatic heterocycles. The predicted molar refractivity (Wildman–Crippen MR) is 88.8 cm³/mol. The summed E-state index contributed by atoms with van der Waals surface area (Å²) in [7, 11) is 0. The zero-order valence-electron chi connectivity index (χ0n) is 13.1. The molecule has 0 unspecified atom stereocenters. The topological polar surface area (TPSA) is 49.8 Å². The molecular weight excluding hydrogens is 294 g/mol. The van der Waals surface area contributed by atoms with Crippen molar-refractivity contribution in [2.75, 3.05) is 13.1 Å². The lowest BCUT2D eigenvalue weighted by Gasteiger charge is -2.18. The molecule has 0 fully saturated rings. The van der Waals surface area contributed by atoms with E-state index in [0.717, 1.165) is 30.2 Å². The van der Waals surface area contributed by atoms with Crippen LogP contribution in [0.3, 0.4) is 0 Å². The lowest BCUT2D eigenvalue weighted by molar-refractivity contribution is 0.220. The van der Waals surface area contributed by atoms with Gasteiger partial charge in [-0.2, -0.15) is 10.4 Å². The van der Waals surface area contributed by atoms with Crippen molar-refractivity contribution in [2.24, 2.45) is 0 Å². The summed E-state index contributed by atoms with van der Waals surface area (Å²) in [4.78, 5) is 2.16. The van der Waals surface area contributed by atoms with Gasteiger partial charge < -0.3 is 0 Å². The normalized spacial score (nSPS) is 10.8. The van der Waals surface area contributed by atoms with E-state index in [1.54, 1.807) is 0 Å². The van der Waals surface area contributed by atoms with Gasteiger partial charge in [0.15, 0.2) is 4.77 Å². The highest BCUT2D eigenvalue weighted by atomic mass is 32.1. The zero-order valence-corrected chi connectivity index (χ0v) is 13.9. The van der Waals surface area contributed by atoms with Gasteiger partial charge >= 0.3 is 0 Å². The van der Waals surface area contributed by atoms with Gasteiger partial charge in [0.2, 0.25) is 0 Å². The molecule has 0 atom stereocenters. The van der Waals surface area contributed by atoms with E-state index in [1.165, 1.54) is 5.56 Å². The minimum atomic E-state index is 0.519. The summed E-state index contributed by atoms with van der Waals surface area (Å²) in [6, 6.07) is 12.4. The summed E-state index contributed by atoms with van der Waals surface area (Å²) in [6.07, 6.45) is 0.519. The molecule has 116 valence electrons. The molecule has 1 aromatic carbocycles. The molecule has 22 heavy (non-hydrogen) atoms. The van der Waals surface area contributed by atoms with Crippen molar-refractivity contribution < 1.29 is 0 Å². The molecule has 2 rings (SSSR count). The van der Waals surface area contributed by atoms with E-state index in [1.807, 2.05) is 34.4 Å². The maximum Gasteiger partial charge on any atom is 0.199 e. The molecule has 0 bridgehead atoms. The molecule has 1 heterocycles. The van der Waals surface area contributed by atoms with Gasteiger partial charge in [-0.1, -0.05) is 37.3 Å². The van der Waals surface area contributed by atoms with Gasteiger partial charge in [0.05, 0.1) is 19.3 Å². The van der Waals surface area contributed by atoms with Crippen LogP contribution in [0.2, 0.25) is 0 Å². The lowest BCUT2D eigenvalue weighted by Crippen LogP contribution is -2.28. The third-order valence-corrected chi connectivity index (χ3v) is 4.04. The van der Waals surface area contributed by atoms with Crippen LogP contribution in [0, 0.1) is 23.0 Å². The average molecular weight is 315 g/mol. The Kier molecular flexibility index (Phi) is 5.87. The van der Waals surface area contributed by atoms with E-state index in [2.05, 4.69) is 35.1 Å². The summed E-state index contributed by atoms with van der Waals surface area (Å²) in [5, 5.41) is 13.3. The van der Waals surface area contributed by atoms with Gasteiger partial charge in [0.1, 0.15) is 5.82 Å². The van der Waals surface area contributed by atoms with Crippen LogP contribution in [0.15, 0.2) is 30.3 Å². The molecule has 6 heteroatoms. The van der Waals surface area contributed by atoms with Gasteiger partial charge in [-0.05, 0) is 31.2 Å². The standard InChI is InChI=1S/C16H21N5S/c1-3-19(11-7-10-17)13-21-16(22)20(14(2)18-21)12-15-8-5-4-6-9-15/h4-6,8-9H,3,7,11-13H2,1-2H3. The number of nitrogens with zero attached hydrogens (tertiary/aromatic N) is 5. The Hall–Kier alpha value is -1.97. The first kappa shape index (κ1) is 16.4. The second-order valence-corrected chi connectivity index (χ2v) is 5.53. The summed E-state index contributed by atoms with van der Waals surface area (Å²) in [5.74, 6) is 0.908. The molecule has 0 aliphatic heterocycles. The summed E-state index contributed by atoms with van der Waals surface area (Å²) < 4.78 is 4.61. The largest absolute Gasteiger partial charge is 0.300 e. The highest BCUT2D eigenvalue weighted by Crippen LogP contribution is 2.08. The second kappa shape index (κ2) is 7.87. The van der Waals surface area contributed by atoms with Crippen molar-refractivity contribution in [3.05, 3.63) is 46.5 Å². The predicted octanol–water partition coefficient (Wildman–Crippen LogP) is 2.96. The lowest BCUT2D eigenvalue weighted by atomic mass is 10.2. The van der Waals surface area contributed by atoms with Gasteiger partial charge in [-0.25, -0.2) is 4.68 Å². The maximum absolute atomic E-state index is 8.72. The van der Waals surface area contributed by atoms with E-state index in [4.69, 9.17) is 17.5 Å².